The van der Waals surface area contributed by atoms with Gasteiger partial charge in [0.25, 0.3) is 0 Å². The predicted molar refractivity (Wildman–Crippen MR) is 165 cm³/mol. The van der Waals surface area contributed by atoms with Crippen molar-refractivity contribution in [1.29, 1.82) is 0 Å². The molecule has 0 saturated heterocycles. The van der Waals surface area contributed by atoms with E-state index in [0.717, 1.165) is 66.7 Å². The molecule has 3 aromatic rings. The van der Waals surface area contributed by atoms with E-state index in [1.54, 1.807) is 0 Å². The molecule has 40 heavy (non-hydrogen) atoms. The second kappa shape index (κ2) is 18.4. The summed E-state index contributed by atoms with van der Waals surface area (Å²) < 4.78 is 0. The molecule has 0 unspecified atom stereocenters. The number of aliphatic imine (C=N–C) groups is 2. The zero-order valence-electron chi connectivity index (χ0n) is 25.4. The first kappa shape index (κ1) is 35.1. The summed E-state index contributed by atoms with van der Waals surface area (Å²) in [5, 5.41) is 22.4. The molecule has 0 spiro atoms. The molecular weight excluding hydrogens is 539 g/mol. The largest absolute Gasteiger partial charge is 2.00 e. The molecule has 4 nitrogen and oxygen atoms in total. The van der Waals surface area contributed by atoms with Crippen molar-refractivity contribution >= 4 is 23.3 Å². The molecule has 0 radical (unpaired) electrons. The van der Waals surface area contributed by atoms with Crippen molar-refractivity contribution in [3.05, 3.63) is 81.9 Å². The monoisotopic (exact) mass is 584 g/mol. The minimum absolute atomic E-state index is 0. The Labute approximate surface area is 252 Å². The zero-order valence-corrected chi connectivity index (χ0v) is 26.4. The third-order valence-corrected chi connectivity index (χ3v) is 7.10. The van der Waals surface area contributed by atoms with Crippen LogP contribution in [0.5, 0.6) is 11.5 Å². The molecule has 0 amide bonds. The fourth-order valence-electron chi connectivity index (χ4n) is 4.19. The molecule has 0 aromatic heterocycles. The Morgan fingerprint density at radius 2 is 1.23 bits per heavy atom. The van der Waals surface area contributed by atoms with Gasteiger partial charge in [0.15, 0.2) is 0 Å². The van der Waals surface area contributed by atoms with Gasteiger partial charge >= 0.3 is 16.5 Å². The molecule has 0 N–H and O–H groups in total. The van der Waals surface area contributed by atoms with Gasteiger partial charge in [0, 0.05) is 6.21 Å². The van der Waals surface area contributed by atoms with Crippen molar-refractivity contribution in [2.45, 2.75) is 99.8 Å². The van der Waals surface area contributed by atoms with Crippen LogP contribution >= 0.6 is 0 Å². The summed E-state index contributed by atoms with van der Waals surface area (Å²) in [6.45, 7) is 14.9. The van der Waals surface area contributed by atoms with E-state index in [1.165, 1.54) is 47.2 Å². The molecule has 3 rings (SSSR count). The molecule has 5 heteroatoms. The Morgan fingerprint density at radius 3 is 1.77 bits per heavy atom. The van der Waals surface area contributed by atoms with E-state index in [1.807, 2.05) is 13.1 Å². The van der Waals surface area contributed by atoms with Gasteiger partial charge in [-0.05, 0) is 117 Å². The van der Waals surface area contributed by atoms with Crippen LogP contribution in [0, 0.1) is 27.7 Å². The molecule has 0 bridgehead atoms. The fourth-order valence-corrected chi connectivity index (χ4v) is 4.19. The number of aryl methyl sites for hydroxylation is 6. The van der Waals surface area contributed by atoms with Gasteiger partial charge in [0.1, 0.15) is 0 Å². The Hall–Kier alpha value is -2.91. The van der Waals surface area contributed by atoms with Gasteiger partial charge < -0.3 is 10.2 Å². The normalized spacial score (nSPS) is 11.2. The van der Waals surface area contributed by atoms with Crippen LogP contribution in [-0.4, -0.2) is 11.9 Å². The third kappa shape index (κ3) is 11.7. The minimum atomic E-state index is -0.369. The van der Waals surface area contributed by atoms with Crippen LogP contribution < -0.4 is 10.2 Å². The molecule has 3 aromatic carbocycles. The van der Waals surface area contributed by atoms with E-state index in [-0.39, 0.29) is 28.0 Å². The van der Waals surface area contributed by atoms with E-state index in [4.69, 9.17) is 4.99 Å². The summed E-state index contributed by atoms with van der Waals surface area (Å²) in [7, 11) is 0. The van der Waals surface area contributed by atoms with Gasteiger partial charge in [0.2, 0.25) is 0 Å². The number of nitrogens with zero attached hydrogens (tertiary/aromatic N) is 2. The smallest absolute Gasteiger partial charge is 0.873 e. The summed E-state index contributed by atoms with van der Waals surface area (Å²) in [4.78, 5) is 9.46. The van der Waals surface area contributed by atoms with Crippen LogP contribution in [0.2, 0.25) is 0 Å². The van der Waals surface area contributed by atoms with Gasteiger partial charge in [-0.25, -0.2) is 0 Å². The summed E-state index contributed by atoms with van der Waals surface area (Å²) in [6.07, 6.45) is 10.4. The number of unbranched alkanes of at least 4 members (excludes halogenated alkanes) is 3. The van der Waals surface area contributed by atoms with Crippen molar-refractivity contribution < 1.29 is 26.7 Å². The van der Waals surface area contributed by atoms with Crippen LogP contribution in [0.15, 0.2) is 58.5 Å². The zero-order chi connectivity index (χ0) is 28.8. The summed E-state index contributed by atoms with van der Waals surface area (Å²) in [5.74, 6) is -0.732. The van der Waals surface area contributed by atoms with E-state index in [9.17, 15) is 10.2 Å². The van der Waals surface area contributed by atoms with Crippen LogP contribution in [0.4, 0.5) is 11.4 Å². The SMILES string of the molecule is CCCCC(C=Nc1ccc(C)c(C)c1)=Nc1ccc(C)c(C)c1.CCCCCc1cc([O-])c([O-])cc1CC.[Ni+2]. The van der Waals surface area contributed by atoms with Gasteiger partial charge in [-0.2, -0.15) is 0 Å². The van der Waals surface area contributed by atoms with E-state index < -0.39 is 0 Å². The van der Waals surface area contributed by atoms with Crippen molar-refractivity contribution in [2.75, 3.05) is 0 Å². The fraction of sp³-hybridized carbons (Fsp3) is 0.429. The number of hydrogen-bond donors (Lipinski definition) is 0. The van der Waals surface area contributed by atoms with Gasteiger partial charge in [-0.3, -0.25) is 9.98 Å². The van der Waals surface area contributed by atoms with E-state index in [2.05, 4.69) is 82.9 Å². The molecule has 0 aliphatic carbocycles. The van der Waals surface area contributed by atoms with Crippen LogP contribution in [0.3, 0.4) is 0 Å². The maximum absolute atomic E-state index is 11.2. The number of rotatable bonds is 11. The summed E-state index contributed by atoms with van der Waals surface area (Å²) in [6, 6.07) is 15.7. The molecule has 0 atom stereocenters. The predicted octanol–water partition coefficient (Wildman–Crippen LogP) is 8.71. The molecule has 0 aliphatic heterocycles. The van der Waals surface area contributed by atoms with Gasteiger partial charge in [-0.1, -0.05) is 64.3 Å². The van der Waals surface area contributed by atoms with Crippen LogP contribution in [0.25, 0.3) is 0 Å². The number of benzene rings is 3. The summed E-state index contributed by atoms with van der Waals surface area (Å²) in [5.41, 5.74) is 10.3. The molecular formula is C35H46N2NiO2. The van der Waals surface area contributed by atoms with E-state index >= 15 is 0 Å². The van der Waals surface area contributed by atoms with E-state index in [0.29, 0.717) is 0 Å². The van der Waals surface area contributed by atoms with Gasteiger partial charge in [0.05, 0.1) is 17.1 Å². The standard InChI is InChI=1S/C22H28N2.C13H20O2.Ni/c1-6-7-8-22(24-21-12-10-17(3)19(5)14-21)15-23-20-11-9-16(2)18(4)13-20;1-3-5-6-7-11-9-13(15)12(14)8-10(11)4-2;/h9-15H,6-8H2,1-5H3;8-9,14-15H,3-7H2,1-2H3;/q;;+2/p-2. The van der Waals surface area contributed by atoms with Crippen molar-refractivity contribution in [1.82, 2.24) is 0 Å². The molecule has 0 aliphatic rings. The Balaban J connectivity index is 0.000000432. The van der Waals surface area contributed by atoms with Crippen LogP contribution in [0.1, 0.15) is 92.7 Å². The topological polar surface area (TPSA) is 70.8 Å². The van der Waals surface area contributed by atoms with Crippen molar-refractivity contribution in [3.8, 4) is 11.5 Å². The van der Waals surface area contributed by atoms with Crippen LogP contribution in [-0.2, 0) is 29.3 Å². The first-order valence-corrected chi connectivity index (χ1v) is 14.4. The average Bonchev–Trinajstić information content (AvgIpc) is 2.92. The Kier molecular flexibility index (Phi) is 16.2. The van der Waals surface area contributed by atoms with Crippen molar-refractivity contribution in [2.24, 2.45) is 9.98 Å². The minimum Gasteiger partial charge on any atom is -0.873 e. The average molecular weight is 585 g/mol. The maximum atomic E-state index is 11.2. The molecule has 0 heterocycles. The maximum Gasteiger partial charge on any atom is 2.00 e. The molecule has 0 saturated carbocycles. The summed E-state index contributed by atoms with van der Waals surface area (Å²) >= 11 is 0. The second-order valence-electron chi connectivity index (χ2n) is 10.4. The number of hydrogen-bond acceptors (Lipinski definition) is 4. The second-order valence-corrected chi connectivity index (χ2v) is 10.4. The third-order valence-electron chi connectivity index (χ3n) is 7.10. The Bertz CT molecular complexity index is 1260. The molecule has 218 valence electrons. The first-order valence-electron chi connectivity index (χ1n) is 14.4. The van der Waals surface area contributed by atoms with Gasteiger partial charge in [-0.15, -0.1) is 11.5 Å². The molecule has 0 fully saturated rings. The van der Waals surface area contributed by atoms with Crippen molar-refractivity contribution in [3.63, 3.8) is 0 Å². The Morgan fingerprint density at radius 1 is 0.675 bits per heavy atom. The quantitative estimate of drug-likeness (QED) is 0.128. The first-order chi connectivity index (χ1) is 18.7.